The Kier molecular flexibility index (Phi) is 6.69. The molecule has 0 bridgehead atoms. The second kappa shape index (κ2) is 9.41. The molecule has 154 valence electrons. The lowest BCUT2D eigenvalue weighted by Gasteiger charge is -2.35. The Labute approximate surface area is 169 Å². The van der Waals surface area contributed by atoms with Crippen LogP contribution in [0.5, 0.6) is 11.5 Å². The lowest BCUT2D eigenvalue weighted by Crippen LogP contribution is -2.48. The van der Waals surface area contributed by atoms with E-state index in [0.29, 0.717) is 18.7 Å². The molecule has 0 radical (unpaired) electrons. The lowest BCUT2D eigenvalue weighted by atomic mass is 10.1. The molecule has 1 fully saturated rings. The van der Waals surface area contributed by atoms with Crippen molar-refractivity contribution in [2.45, 2.75) is 13.5 Å². The molecule has 0 aromatic heterocycles. The standard InChI is InChI=1S/C22H24F2N2O3/c1-16-5-3-7-18(15-16)25-11-13-26(14-12-25)20(27)10-9-17-6-4-8-19(28-2)21(17)29-22(23)24/h3-10,15,22H,11-14H2,1-2H3/b10-9+. The van der Waals surface area contributed by atoms with Gasteiger partial charge in [0.1, 0.15) is 0 Å². The molecule has 3 rings (SSSR count). The van der Waals surface area contributed by atoms with E-state index in [9.17, 15) is 13.6 Å². The maximum Gasteiger partial charge on any atom is 0.387 e. The van der Waals surface area contributed by atoms with Crippen molar-refractivity contribution in [3.05, 3.63) is 59.7 Å². The molecule has 0 unspecified atom stereocenters. The first-order valence-electron chi connectivity index (χ1n) is 9.38. The highest BCUT2D eigenvalue weighted by atomic mass is 19.3. The summed E-state index contributed by atoms with van der Waals surface area (Å²) in [5, 5.41) is 0. The molecule has 2 aromatic rings. The van der Waals surface area contributed by atoms with E-state index in [4.69, 9.17) is 4.74 Å². The zero-order chi connectivity index (χ0) is 20.8. The molecule has 1 aliphatic heterocycles. The van der Waals surface area contributed by atoms with E-state index in [1.54, 1.807) is 17.0 Å². The average Bonchev–Trinajstić information content (AvgIpc) is 2.72. The summed E-state index contributed by atoms with van der Waals surface area (Å²) >= 11 is 0. The number of carbonyl (C=O) groups excluding carboxylic acids is 1. The Morgan fingerprint density at radius 2 is 1.83 bits per heavy atom. The number of hydrogen-bond donors (Lipinski definition) is 0. The van der Waals surface area contributed by atoms with Crippen LogP contribution in [-0.2, 0) is 4.79 Å². The summed E-state index contributed by atoms with van der Waals surface area (Å²) in [5.74, 6) is -0.0651. The molecule has 0 N–H and O–H groups in total. The fourth-order valence-corrected chi connectivity index (χ4v) is 3.32. The van der Waals surface area contributed by atoms with Crippen LogP contribution < -0.4 is 14.4 Å². The predicted octanol–water partition coefficient (Wildman–Crippen LogP) is 3.97. The molecule has 29 heavy (non-hydrogen) atoms. The molecule has 1 saturated heterocycles. The van der Waals surface area contributed by atoms with Crippen LogP contribution in [0.1, 0.15) is 11.1 Å². The molecule has 1 amide bonds. The monoisotopic (exact) mass is 402 g/mol. The number of halogens is 2. The van der Waals surface area contributed by atoms with Gasteiger partial charge in [-0.25, -0.2) is 0 Å². The van der Waals surface area contributed by atoms with Crippen LogP contribution in [-0.4, -0.2) is 50.7 Å². The van der Waals surface area contributed by atoms with Gasteiger partial charge in [0, 0.05) is 43.5 Å². The maximum absolute atomic E-state index is 12.7. The van der Waals surface area contributed by atoms with Crippen molar-refractivity contribution >= 4 is 17.7 Å². The zero-order valence-electron chi connectivity index (χ0n) is 16.5. The first kappa shape index (κ1) is 20.6. The van der Waals surface area contributed by atoms with Gasteiger partial charge in [0.15, 0.2) is 11.5 Å². The van der Waals surface area contributed by atoms with Gasteiger partial charge in [0.25, 0.3) is 0 Å². The summed E-state index contributed by atoms with van der Waals surface area (Å²) < 4.78 is 35.1. The van der Waals surface area contributed by atoms with Crippen LogP contribution in [0.15, 0.2) is 48.5 Å². The molecule has 5 nitrogen and oxygen atoms in total. The van der Waals surface area contributed by atoms with E-state index in [0.717, 1.165) is 18.8 Å². The lowest BCUT2D eigenvalue weighted by molar-refractivity contribution is -0.126. The number of benzene rings is 2. The maximum atomic E-state index is 12.7. The van der Waals surface area contributed by atoms with Crippen molar-refractivity contribution in [3.63, 3.8) is 0 Å². The second-order valence-electron chi connectivity index (χ2n) is 6.74. The average molecular weight is 402 g/mol. The smallest absolute Gasteiger partial charge is 0.387 e. The van der Waals surface area contributed by atoms with Crippen LogP contribution in [0.2, 0.25) is 0 Å². The highest BCUT2D eigenvalue weighted by Gasteiger charge is 2.20. The van der Waals surface area contributed by atoms with E-state index in [1.807, 2.05) is 6.07 Å². The molecular weight excluding hydrogens is 378 g/mol. The predicted molar refractivity (Wildman–Crippen MR) is 109 cm³/mol. The fourth-order valence-electron chi connectivity index (χ4n) is 3.32. The zero-order valence-corrected chi connectivity index (χ0v) is 16.5. The van der Waals surface area contributed by atoms with Gasteiger partial charge in [-0.05, 0) is 36.8 Å². The van der Waals surface area contributed by atoms with E-state index in [-0.39, 0.29) is 17.4 Å². The van der Waals surface area contributed by atoms with Gasteiger partial charge in [0.05, 0.1) is 7.11 Å². The second-order valence-corrected chi connectivity index (χ2v) is 6.74. The first-order chi connectivity index (χ1) is 14.0. The number of piperazine rings is 1. The Bertz CT molecular complexity index is 878. The van der Waals surface area contributed by atoms with Gasteiger partial charge in [-0.3, -0.25) is 4.79 Å². The number of anilines is 1. The van der Waals surface area contributed by atoms with Crippen molar-refractivity contribution < 1.29 is 23.0 Å². The summed E-state index contributed by atoms with van der Waals surface area (Å²) in [6.07, 6.45) is 2.87. The van der Waals surface area contributed by atoms with Crippen molar-refractivity contribution in [2.24, 2.45) is 0 Å². The van der Waals surface area contributed by atoms with Gasteiger partial charge in [0.2, 0.25) is 5.91 Å². The molecule has 0 spiro atoms. The number of methoxy groups -OCH3 is 1. The fraction of sp³-hybridized carbons (Fsp3) is 0.318. The third kappa shape index (κ3) is 5.25. The molecule has 1 aliphatic rings. The van der Waals surface area contributed by atoms with Crippen molar-refractivity contribution in [1.82, 2.24) is 4.90 Å². The highest BCUT2D eigenvalue weighted by molar-refractivity contribution is 5.92. The van der Waals surface area contributed by atoms with Gasteiger partial charge < -0.3 is 19.3 Å². The normalized spacial score (nSPS) is 14.5. The minimum atomic E-state index is -2.98. The van der Waals surface area contributed by atoms with E-state index in [2.05, 4.69) is 34.8 Å². The summed E-state index contributed by atoms with van der Waals surface area (Å²) in [6.45, 7) is 1.73. The molecule has 2 aromatic carbocycles. The van der Waals surface area contributed by atoms with Crippen molar-refractivity contribution in [1.29, 1.82) is 0 Å². The van der Waals surface area contributed by atoms with Gasteiger partial charge in [-0.2, -0.15) is 8.78 Å². The molecule has 7 heteroatoms. The number of amides is 1. The van der Waals surface area contributed by atoms with Crippen LogP contribution in [0.25, 0.3) is 6.08 Å². The minimum Gasteiger partial charge on any atom is -0.493 e. The SMILES string of the molecule is COc1cccc(/C=C/C(=O)N2CCN(c3cccc(C)c3)CC2)c1OC(F)F. The molecular formula is C22H24F2N2O3. The highest BCUT2D eigenvalue weighted by Crippen LogP contribution is 2.33. The first-order valence-corrected chi connectivity index (χ1v) is 9.38. The number of carbonyl (C=O) groups is 1. The molecule has 0 atom stereocenters. The number of rotatable bonds is 6. The van der Waals surface area contributed by atoms with Gasteiger partial charge in [-0.15, -0.1) is 0 Å². The number of nitrogens with zero attached hydrogens (tertiary/aromatic N) is 2. The molecule has 0 aliphatic carbocycles. The minimum absolute atomic E-state index is 0.0849. The summed E-state index contributed by atoms with van der Waals surface area (Å²) in [6, 6.07) is 13.1. The Morgan fingerprint density at radius 1 is 1.10 bits per heavy atom. The van der Waals surface area contributed by atoms with Gasteiger partial charge >= 0.3 is 6.61 Å². The number of ether oxygens (including phenoxy) is 2. The van der Waals surface area contributed by atoms with Crippen molar-refractivity contribution in [2.75, 3.05) is 38.2 Å². The number of aryl methyl sites for hydroxylation is 1. The van der Waals surface area contributed by atoms with E-state index < -0.39 is 6.61 Å². The van der Waals surface area contributed by atoms with E-state index >= 15 is 0 Å². The Hall–Kier alpha value is -3.09. The van der Waals surface area contributed by atoms with Crippen molar-refractivity contribution in [3.8, 4) is 11.5 Å². The van der Waals surface area contributed by atoms with Gasteiger partial charge in [-0.1, -0.05) is 24.3 Å². The number of alkyl halides is 2. The van der Waals surface area contributed by atoms with Crippen LogP contribution >= 0.6 is 0 Å². The largest absolute Gasteiger partial charge is 0.493 e. The van der Waals surface area contributed by atoms with Crippen LogP contribution in [0.3, 0.4) is 0 Å². The van der Waals surface area contributed by atoms with Crippen LogP contribution in [0, 0.1) is 6.92 Å². The van der Waals surface area contributed by atoms with E-state index in [1.165, 1.54) is 30.9 Å². The number of hydrogen-bond acceptors (Lipinski definition) is 4. The quantitative estimate of drug-likeness (QED) is 0.686. The summed E-state index contributed by atoms with van der Waals surface area (Å²) in [5.41, 5.74) is 2.71. The third-order valence-electron chi connectivity index (χ3n) is 4.80. The Balaban J connectivity index is 1.65. The number of para-hydroxylation sites is 1. The summed E-state index contributed by atoms with van der Waals surface area (Å²) in [7, 11) is 1.38. The molecule has 0 saturated carbocycles. The third-order valence-corrected chi connectivity index (χ3v) is 4.80. The summed E-state index contributed by atoms with van der Waals surface area (Å²) in [4.78, 5) is 16.6. The molecule has 1 heterocycles. The topological polar surface area (TPSA) is 42.0 Å². The van der Waals surface area contributed by atoms with Crippen LogP contribution in [0.4, 0.5) is 14.5 Å². The Morgan fingerprint density at radius 3 is 2.48 bits per heavy atom.